The van der Waals surface area contributed by atoms with Gasteiger partial charge in [-0.15, -0.1) is 0 Å². The Morgan fingerprint density at radius 2 is 1.90 bits per heavy atom. The van der Waals surface area contributed by atoms with Gasteiger partial charge in [0.05, 0.1) is 0 Å². The first-order chi connectivity index (χ1) is 4.72. The molecule has 54 valence electrons. The van der Waals surface area contributed by atoms with Crippen LogP contribution in [0.15, 0.2) is 28.7 Å². The first-order valence-corrected chi connectivity index (χ1v) is 4.49. The molecule has 10 heavy (non-hydrogen) atoms. The second-order valence-electron chi connectivity index (χ2n) is 1.86. The van der Waals surface area contributed by atoms with Gasteiger partial charge in [0.2, 0.25) is 0 Å². The lowest BCUT2D eigenvalue weighted by Crippen LogP contribution is -1.87. The van der Waals surface area contributed by atoms with E-state index in [1.807, 2.05) is 24.3 Å². The van der Waals surface area contributed by atoms with Crippen molar-refractivity contribution in [2.75, 3.05) is 0 Å². The molecule has 3 heteroatoms. The second kappa shape index (κ2) is 3.51. The molecule has 0 aliphatic carbocycles. The van der Waals surface area contributed by atoms with E-state index in [0.29, 0.717) is 0 Å². The minimum Gasteiger partial charge on any atom is -0.377 e. The third-order valence-corrected chi connectivity index (χ3v) is 2.38. The zero-order chi connectivity index (χ0) is 7.56. The molecule has 0 spiro atoms. The minimum absolute atomic E-state index is 0.580. The smallest absolute Gasteiger partial charge is 0.135 e. The maximum absolute atomic E-state index is 9.09. The summed E-state index contributed by atoms with van der Waals surface area (Å²) in [5.41, 5.74) is 0.850. The lowest BCUT2D eigenvalue weighted by Gasteiger charge is -2.03. The molecule has 0 fully saturated rings. The summed E-state index contributed by atoms with van der Waals surface area (Å²) in [6.45, 7) is 0. The van der Waals surface area contributed by atoms with Gasteiger partial charge in [0, 0.05) is 10.0 Å². The number of aliphatic hydroxyl groups is 1. The maximum Gasteiger partial charge on any atom is 0.135 e. The van der Waals surface area contributed by atoms with E-state index < -0.39 is 5.01 Å². The first kappa shape index (κ1) is 8.24. The van der Waals surface area contributed by atoms with Crippen molar-refractivity contribution in [3.05, 3.63) is 34.3 Å². The highest BCUT2D eigenvalue weighted by atomic mass is 79.9. The molecule has 1 nitrogen and oxygen atoms in total. The fourth-order valence-electron chi connectivity index (χ4n) is 0.668. The van der Waals surface area contributed by atoms with Crippen LogP contribution in [0.1, 0.15) is 10.6 Å². The molecule has 0 aliphatic heterocycles. The van der Waals surface area contributed by atoms with Crippen molar-refractivity contribution in [2.45, 2.75) is 5.01 Å². The normalized spacial score (nSPS) is 13.1. The van der Waals surface area contributed by atoms with Crippen LogP contribution in [0.4, 0.5) is 0 Å². The maximum atomic E-state index is 9.09. The van der Waals surface area contributed by atoms with Gasteiger partial charge in [-0.2, -0.15) is 0 Å². The Morgan fingerprint density at radius 3 is 2.30 bits per heavy atom. The molecule has 0 saturated carbocycles. The molecule has 0 saturated heterocycles. The fraction of sp³-hybridized carbons (Fsp3) is 0.143. The molecule has 0 aliphatic rings. The summed E-state index contributed by atoms with van der Waals surface area (Å²) in [4.78, 5) is 0. The summed E-state index contributed by atoms with van der Waals surface area (Å²) < 4.78 is 0.916. The number of benzene rings is 1. The number of hydrogen-bond acceptors (Lipinski definition) is 1. The van der Waals surface area contributed by atoms with E-state index in [0.717, 1.165) is 10.0 Å². The van der Waals surface area contributed by atoms with E-state index in [4.69, 9.17) is 5.11 Å². The molecule has 1 aromatic rings. The highest BCUT2D eigenvalue weighted by Crippen LogP contribution is 2.26. The van der Waals surface area contributed by atoms with Crippen molar-refractivity contribution in [3.8, 4) is 0 Å². The van der Waals surface area contributed by atoms with E-state index >= 15 is 0 Å². The summed E-state index contributed by atoms with van der Waals surface area (Å²) in [5.74, 6) is 0. The fourth-order valence-corrected chi connectivity index (χ4v) is 1.88. The molecular weight excluding hydrogens is 260 g/mol. The van der Waals surface area contributed by atoms with Gasteiger partial charge in [0.1, 0.15) is 5.01 Å². The van der Waals surface area contributed by atoms with Crippen molar-refractivity contribution < 1.29 is 5.11 Å². The standard InChI is InChI=1S/C7H6Br2O/c8-6-4-2-1-3-5(6)7(9)10/h1-4,7,10H. The highest BCUT2D eigenvalue weighted by Gasteiger charge is 2.04. The van der Waals surface area contributed by atoms with Crippen LogP contribution in [0.5, 0.6) is 0 Å². The molecule has 1 atom stereocenters. The SMILES string of the molecule is OC(Br)c1ccccc1Br. The average molecular weight is 266 g/mol. The Hall–Kier alpha value is 0.140. The number of rotatable bonds is 1. The number of halogens is 2. The molecular formula is C7H6Br2O. The summed E-state index contributed by atoms with van der Waals surface area (Å²) in [6.07, 6.45) is 0. The van der Waals surface area contributed by atoms with E-state index in [-0.39, 0.29) is 0 Å². The van der Waals surface area contributed by atoms with Crippen molar-refractivity contribution in [3.63, 3.8) is 0 Å². The van der Waals surface area contributed by atoms with Gasteiger partial charge in [0.25, 0.3) is 0 Å². The van der Waals surface area contributed by atoms with Crippen LogP contribution in [-0.4, -0.2) is 5.11 Å². The number of aliphatic hydroxyl groups excluding tert-OH is 1. The minimum atomic E-state index is -0.580. The molecule has 0 bridgehead atoms. The summed E-state index contributed by atoms with van der Waals surface area (Å²) >= 11 is 6.37. The van der Waals surface area contributed by atoms with Crippen molar-refractivity contribution >= 4 is 31.9 Å². The molecule has 0 amide bonds. The third kappa shape index (κ3) is 1.81. The Morgan fingerprint density at radius 1 is 1.30 bits per heavy atom. The zero-order valence-electron chi connectivity index (χ0n) is 5.09. The molecule has 1 unspecified atom stereocenters. The second-order valence-corrected chi connectivity index (χ2v) is 3.58. The zero-order valence-corrected chi connectivity index (χ0v) is 8.26. The summed E-state index contributed by atoms with van der Waals surface area (Å²) in [7, 11) is 0. The van der Waals surface area contributed by atoms with Crippen LogP contribution < -0.4 is 0 Å². The lowest BCUT2D eigenvalue weighted by atomic mass is 10.2. The van der Waals surface area contributed by atoms with Gasteiger partial charge < -0.3 is 5.11 Å². The van der Waals surface area contributed by atoms with E-state index in [2.05, 4.69) is 31.9 Å². The van der Waals surface area contributed by atoms with E-state index in [9.17, 15) is 0 Å². The van der Waals surface area contributed by atoms with Gasteiger partial charge in [0.15, 0.2) is 0 Å². The third-order valence-electron chi connectivity index (χ3n) is 1.16. The molecule has 1 rings (SSSR count). The molecule has 0 radical (unpaired) electrons. The van der Waals surface area contributed by atoms with Crippen molar-refractivity contribution in [1.29, 1.82) is 0 Å². The topological polar surface area (TPSA) is 20.2 Å². The quantitative estimate of drug-likeness (QED) is 0.775. The highest BCUT2D eigenvalue weighted by molar-refractivity contribution is 9.11. The Labute approximate surface area is 76.3 Å². The first-order valence-electron chi connectivity index (χ1n) is 2.78. The molecule has 0 aromatic heterocycles. The van der Waals surface area contributed by atoms with Gasteiger partial charge in [-0.25, -0.2) is 0 Å². The van der Waals surface area contributed by atoms with Crippen molar-refractivity contribution in [2.24, 2.45) is 0 Å². The Bertz CT molecular complexity index is 223. The van der Waals surface area contributed by atoms with Crippen molar-refractivity contribution in [1.82, 2.24) is 0 Å². The predicted molar refractivity (Wildman–Crippen MR) is 48.0 cm³/mol. The summed E-state index contributed by atoms with van der Waals surface area (Å²) in [6, 6.07) is 7.52. The molecule has 0 heterocycles. The Kier molecular flexibility index (Phi) is 2.89. The van der Waals surface area contributed by atoms with Crippen LogP contribution >= 0.6 is 31.9 Å². The van der Waals surface area contributed by atoms with Crippen LogP contribution in [-0.2, 0) is 0 Å². The lowest BCUT2D eigenvalue weighted by molar-refractivity contribution is 0.276. The van der Waals surface area contributed by atoms with E-state index in [1.54, 1.807) is 0 Å². The average Bonchev–Trinajstić information content (AvgIpc) is 1.88. The number of alkyl halides is 1. The molecule has 1 aromatic carbocycles. The predicted octanol–water partition coefficient (Wildman–Crippen LogP) is 2.83. The van der Waals surface area contributed by atoms with E-state index in [1.165, 1.54) is 0 Å². The summed E-state index contributed by atoms with van der Waals surface area (Å²) in [5, 5.41) is 8.51. The monoisotopic (exact) mass is 264 g/mol. The van der Waals surface area contributed by atoms with Crippen LogP contribution in [0.25, 0.3) is 0 Å². The molecule has 1 N–H and O–H groups in total. The van der Waals surface area contributed by atoms with Crippen LogP contribution in [0.2, 0.25) is 0 Å². The van der Waals surface area contributed by atoms with Gasteiger partial charge in [-0.3, -0.25) is 0 Å². The number of hydrogen-bond donors (Lipinski definition) is 1. The largest absolute Gasteiger partial charge is 0.377 e. The van der Waals surface area contributed by atoms with Crippen LogP contribution in [0, 0.1) is 0 Å². The Balaban J connectivity index is 3.03. The van der Waals surface area contributed by atoms with Gasteiger partial charge in [-0.05, 0) is 6.07 Å². The van der Waals surface area contributed by atoms with Gasteiger partial charge >= 0.3 is 0 Å². The van der Waals surface area contributed by atoms with Crippen LogP contribution in [0.3, 0.4) is 0 Å². The van der Waals surface area contributed by atoms with Gasteiger partial charge in [-0.1, -0.05) is 50.1 Å².